The molecular weight excluding hydrogens is 576 g/mol. The number of para-hydroxylation sites is 3. The second-order valence-corrected chi connectivity index (χ2v) is 12.1. The second-order valence-electron chi connectivity index (χ2n) is 12.1. The van der Waals surface area contributed by atoms with E-state index >= 15 is 0 Å². The van der Waals surface area contributed by atoms with Crippen molar-refractivity contribution in [1.29, 1.82) is 0 Å². The van der Waals surface area contributed by atoms with Gasteiger partial charge in [0, 0.05) is 56.1 Å². The number of aromatic nitrogens is 6. The van der Waals surface area contributed by atoms with E-state index in [4.69, 9.17) is 9.97 Å². The average Bonchev–Trinajstić information content (AvgIpc) is 3.80. The summed E-state index contributed by atoms with van der Waals surface area (Å²) in [5, 5.41) is 8.12. The minimum absolute atomic E-state index is 0.712. The van der Waals surface area contributed by atoms with Gasteiger partial charge in [0.05, 0.1) is 27.6 Å². The van der Waals surface area contributed by atoms with Crippen LogP contribution in [0.3, 0.4) is 0 Å². The molecule has 6 nitrogen and oxygen atoms in total. The van der Waals surface area contributed by atoms with Crippen molar-refractivity contribution in [2.45, 2.75) is 0 Å². The van der Waals surface area contributed by atoms with Crippen LogP contribution in [0, 0.1) is 0 Å². The summed E-state index contributed by atoms with van der Waals surface area (Å²) in [4.78, 5) is 14.7. The quantitative estimate of drug-likeness (QED) is 0.186. The molecule has 0 spiro atoms. The largest absolute Gasteiger partial charge is 0.309 e. The number of imidazole rings is 1. The molecule has 218 valence electrons. The van der Waals surface area contributed by atoms with Crippen LogP contribution in [0.1, 0.15) is 0 Å². The lowest BCUT2D eigenvalue weighted by atomic mass is 10.0. The first-order chi connectivity index (χ1) is 23.4. The maximum Gasteiger partial charge on any atom is 0.178 e. The average molecular weight is 601 g/mol. The summed E-state index contributed by atoms with van der Waals surface area (Å²) in [6.45, 7) is 0. The fourth-order valence-electron chi connectivity index (χ4n) is 7.89. The summed E-state index contributed by atoms with van der Waals surface area (Å²) in [6, 6.07) is 47.5. The van der Waals surface area contributed by atoms with E-state index in [2.05, 4.69) is 140 Å². The Kier molecular flexibility index (Phi) is 4.75. The topological polar surface area (TPSA) is 52.9 Å². The summed E-state index contributed by atoms with van der Waals surface area (Å²) in [6.07, 6.45) is 3.66. The molecule has 0 bridgehead atoms. The van der Waals surface area contributed by atoms with Crippen molar-refractivity contribution in [3.05, 3.63) is 146 Å². The van der Waals surface area contributed by atoms with Crippen LogP contribution < -0.4 is 0 Å². The lowest BCUT2D eigenvalue weighted by molar-refractivity contribution is 1.17. The Morgan fingerprint density at radius 3 is 1.85 bits per heavy atom. The number of rotatable bonds is 2. The van der Waals surface area contributed by atoms with Crippen molar-refractivity contribution in [3.8, 4) is 11.4 Å². The Morgan fingerprint density at radius 1 is 0.383 bits per heavy atom. The molecular formula is C41H24N6. The first-order valence-corrected chi connectivity index (χ1v) is 15.8. The molecule has 5 aromatic carbocycles. The van der Waals surface area contributed by atoms with Crippen molar-refractivity contribution < 1.29 is 0 Å². The van der Waals surface area contributed by atoms with Crippen molar-refractivity contribution in [3.63, 3.8) is 0 Å². The molecule has 0 saturated carbocycles. The van der Waals surface area contributed by atoms with Crippen LogP contribution in [-0.4, -0.2) is 28.5 Å². The molecule has 6 heterocycles. The molecule has 0 unspecified atom stereocenters. The summed E-state index contributed by atoms with van der Waals surface area (Å²) < 4.78 is 7.02. The lowest BCUT2D eigenvalue weighted by Crippen LogP contribution is -1.96. The Hall–Kier alpha value is -6.53. The van der Waals surface area contributed by atoms with Crippen LogP contribution in [0.4, 0.5) is 0 Å². The van der Waals surface area contributed by atoms with Gasteiger partial charge in [0.15, 0.2) is 5.65 Å². The molecule has 0 aliphatic rings. The van der Waals surface area contributed by atoms with Gasteiger partial charge in [-0.25, -0.2) is 15.0 Å². The van der Waals surface area contributed by atoms with Gasteiger partial charge in [-0.05, 0) is 72.1 Å². The third-order valence-corrected chi connectivity index (χ3v) is 9.70. The maximum absolute atomic E-state index is 5.19. The highest BCUT2D eigenvalue weighted by Crippen LogP contribution is 2.45. The number of hydrogen-bond acceptors (Lipinski definition) is 3. The summed E-state index contributed by atoms with van der Waals surface area (Å²) in [5.74, 6) is 0. The molecule has 0 amide bonds. The van der Waals surface area contributed by atoms with Gasteiger partial charge in [0.1, 0.15) is 11.3 Å². The van der Waals surface area contributed by atoms with E-state index in [1.54, 1.807) is 0 Å². The van der Waals surface area contributed by atoms with Gasteiger partial charge < -0.3 is 9.13 Å². The van der Waals surface area contributed by atoms with Gasteiger partial charge >= 0.3 is 0 Å². The number of hydrogen-bond donors (Lipinski definition) is 0. The zero-order valence-electron chi connectivity index (χ0n) is 25.0. The zero-order valence-corrected chi connectivity index (χ0v) is 25.0. The van der Waals surface area contributed by atoms with Crippen LogP contribution in [0.15, 0.2) is 146 Å². The Morgan fingerprint density at radius 2 is 1.02 bits per heavy atom. The SMILES string of the molecule is c1ccc(-n2c3ccccc3c3c2ccc2c4c5c(ccc4n(-c4ccccc4)c23)c2cccnc2n2c3cccnc3nc52)cc1. The lowest BCUT2D eigenvalue weighted by Gasteiger charge is -2.11. The predicted octanol–water partition coefficient (Wildman–Crippen LogP) is 9.78. The van der Waals surface area contributed by atoms with Crippen molar-refractivity contribution >= 4 is 82.2 Å². The van der Waals surface area contributed by atoms with E-state index in [-0.39, 0.29) is 0 Å². The molecule has 47 heavy (non-hydrogen) atoms. The molecule has 0 fully saturated rings. The zero-order chi connectivity index (χ0) is 30.6. The Balaban J connectivity index is 1.45. The minimum Gasteiger partial charge on any atom is -0.309 e. The molecule has 6 aromatic heterocycles. The van der Waals surface area contributed by atoms with Crippen LogP contribution in [0.5, 0.6) is 0 Å². The molecule has 0 aliphatic carbocycles. The minimum atomic E-state index is 0.712. The van der Waals surface area contributed by atoms with E-state index in [0.29, 0.717) is 5.65 Å². The third-order valence-electron chi connectivity index (χ3n) is 9.70. The number of benzene rings is 5. The molecule has 0 saturated heterocycles. The molecule has 11 rings (SSSR count). The smallest absolute Gasteiger partial charge is 0.178 e. The highest BCUT2D eigenvalue weighted by Gasteiger charge is 2.24. The molecule has 0 N–H and O–H groups in total. The van der Waals surface area contributed by atoms with Gasteiger partial charge in [0.2, 0.25) is 0 Å². The Labute approximate surface area is 267 Å². The fourth-order valence-corrected chi connectivity index (χ4v) is 7.89. The van der Waals surface area contributed by atoms with Crippen LogP contribution >= 0.6 is 0 Å². The molecule has 6 heteroatoms. The predicted molar refractivity (Wildman–Crippen MR) is 192 cm³/mol. The third kappa shape index (κ3) is 3.16. The van der Waals surface area contributed by atoms with E-state index < -0.39 is 0 Å². The first kappa shape index (κ1) is 24.8. The molecule has 0 radical (unpaired) electrons. The molecule has 0 atom stereocenters. The van der Waals surface area contributed by atoms with Gasteiger partial charge in [-0.1, -0.05) is 66.7 Å². The number of fused-ring (bicyclic) bond motifs is 16. The first-order valence-electron chi connectivity index (χ1n) is 15.8. The van der Waals surface area contributed by atoms with Crippen molar-refractivity contribution in [2.75, 3.05) is 0 Å². The summed E-state index contributed by atoms with van der Waals surface area (Å²) in [5.41, 5.74) is 10.3. The van der Waals surface area contributed by atoms with Crippen molar-refractivity contribution in [1.82, 2.24) is 28.5 Å². The second kappa shape index (κ2) is 9.02. The van der Waals surface area contributed by atoms with E-state index in [1.807, 2.05) is 24.5 Å². The highest BCUT2D eigenvalue weighted by atomic mass is 15.1. The van der Waals surface area contributed by atoms with Gasteiger partial charge in [-0.2, -0.15) is 0 Å². The van der Waals surface area contributed by atoms with E-state index in [9.17, 15) is 0 Å². The molecule has 11 aromatic rings. The summed E-state index contributed by atoms with van der Waals surface area (Å²) >= 11 is 0. The van der Waals surface area contributed by atoms with Gasteiger partial charge in [-0.15, -0.1) is 0 Å². The van der Waals surface area contributed by atoms with Gasteiger partial charge in [-0.3, -0.25) is 4.40 Å². The number of nitrogens with zero attached hydrogens (tertiary/aromatic N) is 6. The Bertz CT molecular complexity index is 3060. The van der Waals surface area contributed by atoms with Gasteiger partial charge in [0.25, 0.3) is 0 Å². The standard InChI is InChI=1S/C41H24N6/c1-3-11-25(12-4-1)45-31-17-8-7-15-29(31)36-33(45)22-20-30-35-32(46(38(30)36)26-13-5-2-6-14-26)21-19-27-28-16-9-24-43-40(28)47-34-18-10-23-42-39(34)44-41(47)37(27)35/h1-24H. The maximum atomic E-state index is 5.19. The number of pyridine rings is 3. The fraction of sp³-hybridized carbons (Fsp3) is 0. The summed E-state index contributed by atoms with van der Waals surface area (Å²) in [7, 11) is 0. The van der Waals surface area contributed by atoms with Crippen LogP contribution in [0.2, 0.25) is 0 Å². The highest BCUT2D eigenvalue weighted by molar-refractivity contribution is 6.33. The normalized spacial score (nSPS) is 12.3. The van der Waals surface area contributed by atoms with Crippen LogP contribution in [-0.2, 0) is 0 Å². The molecule has 0 aliphatic heterocycles. The van der Waals surface area contributed by atoms with E-state index in [1.165, 1.54) is 38.1 Å². The van der Waals surface area contributed by atoms with Crippen molar-refractivity contribution in [2.24, 2.45) is 0 Å². The van der Waals surface area contributed by atoms with E-state index in [0.717, 1.165) is 49.9 Å². The van der Waals surface area contributed by atoms with Crippen LogP contribution in [0.25, 0.3) is 93.6 Å². The monoisotopic (exact) mass is 600 g/mol.